The maximum atomic E-state index is 13.3. The molecule has 0 saturated carbocycles. The fraction of sp³-hybridized carbons (Fsp3) is 0.464. The van der Waals surface area contributed by atoms with Crippen molar-refractivity contribution in [1.29, 1.82) is 0 Å². The van der Waals surface area contributed by atoms with Crippen LogP contribution in [0.1, 0.15) is 62.3 Å². The van der Waals surface area contributed by atoms with E-state index in [2.05, 4.69) is 4.74 Å². The lowest BCUT2D eigenvalue weighted by molar-refractivity contribution is -0.158. The number of carbonyl (C=O) groups is 3. The number of benzene rings is 2. The van der Waals surface area contributed by atoms with Crippen molar-refractivity contribution in [2.24, 2.45) is 0 Å². The fourth-order valence-electron chi connectivity index (χ4n) is 3.73. The van der Waals surface area contributed by atoms with Crippen LogP contribution in [0.2, 0.25) is 0 Å². The molecule has 0 spiro atoms. The quantitative estimate of drug-likeness (QED) is 0.258. The van der Waals surface area contributed by atoms with Crippen LogP contribution in [-0.4, -0.2) is 48.5 Å². The van der Waals surface area contributed by atoms with Crippen molar-refractivity contribution in [3.05, 3.63) is 64.7 Å². The molecule has 2 aromatic rings. The van der Waals surface area contributed by atoms with Gasteiger partial charge in [-0.15, -0.1) is 0 Å². The first-order chi connectivity index (χ1) is 18.7. The lowest BCUT2D eigenvalue weighted by atomic mass is 9.93. The number of likely N-dealkylation sites (N-methyl/N-ethyl adjacent to an activating group) is 1. The van der Waals surface area contributed by atoms with Crippen LogP contribution < -0.4 is 4.74 Å². The van der Waals surface area contributed by atoms with Gasteiger partial charge in [-0.1, -0.05) is 12.1 Å². The minimum absolute atomic E-state index is 0.0260. The predicted octanol–water partition coefficient (Wildman–Crippen LogP) is 6.14. The minimum Gasteiger partial charge on any atom is -0.489 e. The maximum Gasteiger partial charge on any atom is 0.416 e. The second kappa shape index (κ2) is 12.8. The highest BCUT2D eigenvalue weighted by Crippen LogP contribution is 2.36. The van der Waals surface area contributed by atoms with Crippen molar-refractivity contribution in [3.63, 3.8) is 0 Å². The molecule has 2 atom stereocenters. The van der Waals surface area contributed by atoms with Gasteiger partial charge in [0.2, 0.25) is 5.91 Å². The molecule has 1 unspecified atom stereocenters. The van der Waals surface area contributed by atoms with E-state index in [1.807, 2.05) is 0 Å². The molecule has 41 heavy (non-hydrogen) atoms. The molecule has 0 aliphatic heterocycles. The first-order valence-corrected chi connectivity index (χ1v) is 12.3. The molecule has 0 aliphatic rings. The monoisotopic (exact) mass is 591 g/mol. The Labute approximate surface area is 233 Å². The Kier molecular flexibility index (Phi) is 10.5. The summed E-state index contributed by atoms with van der Waals surface area (Å²) in [5.41, 5.74) is -3.78. The molecule has 0 radical (unpaired) electrons. The van der Waals surface area contributed by atoms with Crippen LogP contribution in [0.25, 0.3) is 0 Å². The lowest BCUT2D eigenvalue weighted by Gasteiger charge is -2.28. The first-order valence-electron chi connectivity index (χ1n) is 12.3. The van der Waals surface area contributed by atoms with Crippen molar-refractivity contribution in [1.82, 2.24) is 4.90 Å². The molecule has 0 saturated heterocycles. The number of esters is 2. The van der Waals surface area contributed by atoms with E-state index < -0.39 is 65.5 Å². The fourth-order valence-corrected chi connectivity index (χ4v) is 3.73. The summed E-state index contributed by atoms with van der Waals surface area (Å²) < 4.78 is 94.3. The summed E-state index contributed by atoms with van der Waals surface area (Å²) in [5.74, 6) is -2.96. The number of ether oxygens (including phenoxy) is 3. The van der Waals surface area contributed by atoms with Gasteiger partial charge in [0, 0.05) is 7.05 Å². The van der Waals surface area contributed by atoms with E-state index in [-0.39, 0.29) is 23.8 Å². The van der Waals surface area contributed by atoms with Crippen LogP contribution in [0.5, 0.6) is 5.75 Å². The molecule has 0 N–H and O–H groups in total. The third-order valence-corrected chi connectivity index (χ3v) is 5.90. The van der Waals surface area contributed by atoms with E-state index in [4.69, 9.17) is 9.47 Å². The molecule has 13 heteroatoms. The van der Waals surface area contributed by atoms with Crippen LogP contribution in [-0.2, 0) is 42.8 Å². The van der Waals surface area contributed by atoms with E-state index in [0.29, 0.717) is 17.7 Å². The Hall–Kier alpha value is -3.77. The third-order valence-electron chi connectivity index (χ3n) is 5.90. The summed E-state index contributed by atoms with van der Waals surface area (Å²) in [7, 11) is 2.53. The van der Waals surface area contributed by atoms with Crippen molar-refractivity contribution >= 4 is 17.8 Å². The molecular formula is C28H31F6NO6. The Morgan fingerprint density at radius 3 is 1.83 bits per heavy atom. The SMILES string of the molecule is COC(=O)[C@@H](C)N(C)C(=O)C(CC(=O)OC(C)(C)C)c1ccc(OCc2cc(C(F)(F)F)cc(C(F)(F)F)c2)cc1. The Balaban J connectivity index is 2.31. The van der Waals surface area contributed by atoms with Crippen molar-refractivity contribution in [2.75, 3.05) is 14.2 Å². The molecule has 1 amide bonds. The van der Waals surface area contributed by atoms with Crippen LogP contribution in [0.15, 0.2) is 42.5 Å². The van der Waals surface area contributed by atoms with E-state index in [1.165, 1.54) is 38.2 Å². The van der Waals surface area contributed by atoms with E-state index in [9.17, 15) is 40.7 Å². The summed E-state index contributed by atoms with van der Waals surface area (Å²) in [4.78, 5) is 39.0. The van der Waals surface area contributed by atoms with Crippen LogP contribution >= 0.6 is 0 Å². The summed E-state index contributed by atoms with van der Waals surface area (Å²) in [6, 6.07) is 5.75. The molecule has 0 aromatic heterocycles. The van der Waals surface area contributed by atoms with Crippen molar-refractivity contribution in [2.45, 2.75) is 70.6 Å². The van der Waals surface area contributed by atoms with Gasteiger partial charge < -0.3 is 19.1 Å². The number of halogens is 6. The molecule has 0 aliphatic carbocycles. The average molecular weight is 592 g/mol. The highest BCUT2D eigenvalue weighted by molar-refractivity contribution is 5.91. The zero-order chi connectivity index (χ0) is 31.3. The van der Waals surface area contributed by atoms with Crippen molar-refractivity contribution in [3.8, 4) is 5.75 Å². The Morgan fingerprint density at radius 1 is 0.878 bits per heavy atom. The minimum atomic E-state index is -4.99. The molecule has 2 aromatic carbocycles. The van der Waals surface area contributed by atoms with Gasteiger partial charge in [0.05, 0.1) is 30.6 Å². The van der Waals surface area contributed by atoms with E-state index in [1.54, 1.807) is 20.8 Å². The lowest BCUT2D eigenvalue weighted by Crippen LogP contribution is -2.43. The Bertz CT molecular complexity index is 1200. The standard InChI is InChI=1S/C28H31F6NO6/c1-16(25(38)39-6)35(5)24(37)22(14-23(36)41-26(2,3)4)18-7-9-21(10-8-18)40-15-17-11-19(27(29,30)31)13-20(12-17)28(32,33)34/h7-13,16,22H,14-15H2,1-6H3/t16-,22?/m1/s1. The number of amides is 1. The molecule has 226 valence electrons. The highest BCUT2D eigenvalue weighted by atomic mass is 19.4. The van der Waals surface area contributed by atoms with E-state index >= 15 is 0 Å². The van der Waals surface area contributed by atoms with Crippen LogP contribution in [0, 0.1) is 0 Å². The van der Waals surface area contributed by atoms with Gasteiger partial charge in [-0.25, -0.2) is 4.79 Å². The number of methoxy groups -OCH3 is 1. The number of hydrogen-bond donors (Lipinski definition) is 0. The zero-order valence-electron chi connectivity index (χ0n) is 23.3. The average Bonchev–Trinajstić information content (AvgIpc) is 2.87. The molecular weight excluding hydrogens is 560 g/mol. The highest BCUT2D eigenvalue weighted by Gasteiger charge is 2.37. The van der Waals surface area contributed by atoms with Gasteiger partial charge in [0.1, 0.15) is 24.0 Å². The summed E-state index contributed by atoms with van der Waals surface area (Å²) in [5, 5.41) is 0. The number of carbonyl (C=O) groups excluding carboxylic acids is 3. The van der Waals surface area contributed by atoms with Gasteiger partial charge in [-0.3, -0.25) is 9.59 Å². The first kappa shape index (κ1) is 33.4. The van der Waals surface area contributed by atoms with Gasteiger partial charge in [-0.05, 0) is 69.2 Å². The van der Waals surface area contributed by atoms with E-state index in [0.717, 1.165) is 12.0 Å². The summed E-state index contributed by atoms with van der Waals surface area (Å²) in [6.07, 6.45) is -10.4. The molecule has 0 heterocycles. The summed E-state index contributed by atoms with van der Waals surface area (Å²) in [6.45, 7) is 5.80. The largest absolute Gasteiger partial charge is 0.489 e. The third kappa shape index (κ3) is 9.68. The number of nitrogens with zero attached hydrogens (tertiary/aromatic N) is 1. The molecule has 0 fully saturated rings. The normalized spacial score (nSPS) is 13.7. The van der Waals surface area contributed by atoms with Crippen molar-refractivity contribution < 1.29 is 54.9 Å². The van der Waals surface area contributed by atoms with Gasteiger partial charge in [0.25, 0.3) is 0 Å². The number of rotatable bonds is 9. The zero-order valence-corrected chi connectivity index (χ0v) is 23.3. The topological polar surface area (TPSA) is 82.1 Å². The smallest absolute Gasteiger partial charge is 0.416 e. The van der Waals surface area contributed by atoms with Gasteiger partial charge >= 0.3 is 24.3 Å². The Morgan fingerprint density at radius 2 is 1.39 bits per heavy atom. The second-order valence-corrected chi connectivity index (χ2v) is 10.3. The molecule has 0 bridgehead atoms. The van der Waals surface area contributed by atoms with Crippen LogP contribution in [0.3, 0.4) is 0 Å². The van der Waals surface area contributed by atoms with Crippen LogP contribution in [0.4, 0.5) is 26.3 Å². The molecule has 2 rings (SSSR count). The number of alkyl halides is 6. The summed E-state index contributed by atoms with van der Waals surface area (Å²) >= 11 is 0. The second-order valence-electron chi connectivity index (χ2n) is 10.3. The number of hydrogen-bond acceptors (Lipinski definition) is 6. The maximum absolute atomic E-state index is 13.3. The predicted molar refractivity (Wildman–Crippen MR) is 135 cm³/mol. The van der Waals surface area contributed by atoms with Gasteiger partial charge in [0.15, 0.2) is 0 Å². The van der Waals surface area contributed by atoms with Gasteiger partial charge in [-0.2, -0.15) is 26.3 Å². The molecule has 7 nitrogen and oxygen atoms in total.